The molecule has 602 valence electrons. The SMILES string of the molecule is CI.CN(C)C(=O)CN.COc1nc(Cl)ccc1Br.COc1nc(Cl)ccc1CCC(=O)N(C)C.COc1nc(Cl)ccc1N(C)CC(=O)N(C)C.COc1nc(Nc2cc(-c3ccc(OC4CCOCC4)c(C#N)c3)ncn2)ccc1N(C)CC(=O)N(C)C.N#Cc1cc(-c2cc(N)ncn2)ccc1OC1CCOCC1. The van der Waals surface area contributed by atoms with Gasteiger partial charge in [0.25, 0.3) is 0 Å². The summed E-state index contributed by atoms with van der Waals surface area (Å²) in [5.41, 5.74) is 16.8. The van der Waals surface area contributed by atoms with Gasteiger partial charge in [0.05, 0.1) is 101 Å². The van der Waals surface area contributed by atoms with Crippen molar-refractivity contribution in [3.05, 3.63) is 146 Å². The molecule has 2 aliphatic heterocycles. The van der Waals surface area contributed by atoms with Gasteiger partial charge in [0.15, 0.2) is 0 Å². The highest BCUT2D eigenvalue weighted by Gasteiger charge is 2.22. The number of nitriles is 2. The van der Waals surface area contributed by atoms with Crippen molar-refractivity contribution in [2.45, 2.75) is 50.7 Å². The lowest BCUT2D eigenvalue weighted by atomic mass is 10.1. The zero-order valence-electron chi connectivity index (χ0n) is 65.3. The Labute approximate surface area is 691 Å². The Morgan fingerprint density at radius 1 is 0.527 bits per heavy atom. The van der Waals surface area contributed by atoms with Gasteiger partial charge in [-0.25, -0.2) is 29.9 Å². The third-order valence-electron chi connectivity index (χ3n) is 15.8. The first-order valence-corrected chi connectivity index (χ1v) is 38.5. The normalized spacial score (nSPS) is 11.9. The van der Waals surface area contributed by atoms with Crippen LogP contribution in [0.3, 0.4) is 0 Å². The van der Waals surface area contributed by atoms with Gasteiger partial charge in [-0.1, -0.05) is 63.5 Å². The number of alkyl halides is 1. The van der Waals surface area contributed by atoms with E-state index in [0.29, 0.717) is 135 Å². The molecule has 0 aliphatic carbocycles. The number of aromatic nitrogens is 8. The number of nitrogens with one attached hydrogen (secondary N) is 1. The fourth-order valence-corrected chi connectivity index (χ4v) is 10.4. The molecule has 0 spiro atoms. The summed E-state index contributed by atoms with van der Waals surface area (Å²) in [6.45, 7) is 3.28. The molecule has 2 aromatic carbocycles. The molecule has 8 heterocycles. The average molecular weight is 1780 g/mol. The second-order valence-electron chi connectivity index (χ2n) is 24.6. The molecule has 8 aromatic rings. The van der Waals surface area contributed by atoms with E-state index in [2.05, 4.69) is 95.8 Å². The van der Waals surface area contributed by atoms with Crippen LogP contribution < -0.4 is 55.0 Å². The highest BCUT2D eigenvalue weighted by molar-refractivity contribution is 14.1. The largest absolute Gasteiger partial charge is 0.489 e. The minimum atomic E-state index is -0.0417. The number of aryl methyl sites for hydroxylation is 1. The number of nitrogens with zero attached hydrogens (tertiary/aromatic N) is 16. The van der Waals surface area contributed by atoms with E-state index in [-0.39, 0.29) is 55.5 Å². The summed E-state index contributed by atoms with van der Waals surface area (Å²) in [5.74, 6) is 4.37. The molecule has 0 saturated carbocycles. The number of hydrogen-bond donors (Lipinski definition) is 3. The first-order valence-electron chi connectivity index (χ1n) is 34.4. The standard InChI is InChI=1S/C27H31N7O4.C16H16N4O2.C11H16ClN3O2.C11H15ClN2O2.C6H5BrClNO.C4H10N2O.CH3I/c1-33(2)26(35)16-34(3)22-6-8-24(32-27(22)36-4)31-25-14-21(29-17-30-25)18-5-7-23(19(13-18)15-28)38-20-9-11-37-12-10-20;17-9-12-7-11(14-8-16(18)20-10-19-14)1-2-15(12)22-13-3-5-21-6-4-13;1-14(2)10(16)7-15(3)8-5-6-9(12)13-11(8)17-4;1-14(2)10(15)7-5-8-4-6-9(12)13-11(8)16-3;1-10-6-4(7)2-3-5(8)9-6;1-6(2)4(7)3-5;1-2/h5-8,13-14,17,20H,9-12,16H2,1-4H3,(H,29,30,31,32);1-2,7-8,10,13H,3-6H2,(H2,18,19,20);5-6H,7H2,1-4H3;4,6H,5,7H2,1-3H3;2-3H,1H3;3,5H2,1-2H3;1H3. The van der Waals surface area contributed by atoms with Gasteiger partial charge in [0.1, 0.15) is 92.8 Å². The summed E-state index contributed by atoms with van der Waals surface area (Å²) < 4.78 is 44.1. The van der Waals surface area contributed by atoms with Crippen molar-refractivity contribution in [1.82, 2.24) is 59.5 Å². The molecule has 112 heavy (non-hydrogen) atoms. The molecule has 2 aliphatic rings. The molecule has 6 aromatic heterocycles. The lowest BCUT2D eigenvalue weighted by Crippen LogP contribution is -2.34. The third kappa shape index (κ3) is 32.0. The predicted octanol–water partition coefficient (Wildman–Crippen LogP) is 11.0. The van der Waals surface area contributed by atoms with Gasteiger partial charge >= 0.3 is 0 Å². The number of anilines is 5. The summed E-state index contributed by atoms with van der Waals surface area (Å²) in [6.07, 6.45) is 7.32. The Morgan fingerprint density at radius 2 is 0.946 bits per heavy atom. The number of nitrogen functional groups attached to an aromatic ring is 1. The minimum Gasteiger partial charge on any atom is -0.489 e. The molecule has 0 unspecified atom stereocenters. The Morgan fingerprint density at radius 3 is 1.38 bits per heavy atom. The van der Waals surface area contributed by atoms with Crippen molar-refractivity contribution >= 4 is 126 Å². The quantitative estimate of drug-likeness (QED) is 0.0322. The van der Waals surface area contributed by atoms with Crippen LogP contribution in [0.1, 0.15) is 48.8 Å². The van der Waals surface area contributed by atoms with Crippen molar-refractivity contribution in [2.75, 3.05) is 171 Å². The number of methoxy groups -OCH3 is 4. The number of rotatable bonds is 22. The van der Waals surface area contributed by atoms with E-state index in [4.69, 9.17) is 84.2 Å². The maximum atomic E-state index is 12.1. The number of likely N-dealkylation sites (N-methyl/N-ethyl adjacent to an activating group) is 5. The topological polar surface area (TPSA) is 376 Å². The van der Waals surface area contributed by atoms with Crippen LogP contribution in [0.5, 0.6) is 35.0 Å². The van der Waals surface area contributed by atoms with Gasteiger partial charge in [0, 0.05) is 131 Å². The van der Waals surface area contributed by atoms with Gasteiger partial charge in [-0.2, -0.15) is 20.5 Å². The van der Waals surface area contributed by atoms with Crippen molar-refractivity contribution < 1.29 is 57.1 Å². The van der Waals surface area contributed by atoms with Crippen LogP contribution in [0, 0.1) is 22.7 Å². The second-order valence-corrected chi connectivity index (χ2v) is 26.6. The van der Waals surface area contributed by atoms with E-state index in [1.54, 1.807) is 159 Å². The summed E-state index contributed by atoms with van der Waals surface area (Å²) in [6, 6.07) is 32.8. The molecular formula is C76H96BrCl3IN19O12. The Hall–Kier alpha value is -9.98. The number of carbonyl (C=O) groups is 4. The number of amides is 4. The molecule has 5 N–H and O–H groups in total. The fourth-order valence-electron chi connectivity index (χ4n) is 9.61. The van der Waals surface area contributed by atoms with Crippen molar-refractivity contribution in [3.8, 4) is 69.7 Å². The van der Waals surface area contributed by atoms with Gasteiger partial charge in [-0.3, -0.25) is 19.2 Å². The molecular weight excluding hydrogens is 1680 g/mol. The van der Waals surface area contributed by atoms with Gasteiger partial charge < -0.3 is 84.1 Å². The third-order valence-corrected chi connectivity index (χ3v) is 17.0. The van der Waals surface area contributed by atoms with E-state index in [1.165, 1.54) is 48.7 Å². The highest BCUT2D eigenvalue weighted by atomic mass is 127. The van der Waals surface area contributed by atoms with Gasteiger partial charge in [-0.15, -0.1) is 0 Å². The molecule has 0 bridgehead atoms. The van der Waals surface area contributed by atoms with Crippen molar-refractivity contribution in [3.63, 3.8) is 0 Å². The average Bonchev–Trinajstić information content (AvgIpc) is 0.825. The molecule has 31 nitrogen and oxygen atoms in total. The van der Waals surface area contributed by atoms with E-state index >= 15 is 0 Å². The molecule has 0 radical (unpaired) electrons. The van der Waals surface area contributed by atoms with Crippen LogP contribution in [0.15, 0.2) is 114 Å². The van der Waals surface area contributed by atoms with Crippen LogP contribution in [-0.4, -0.2) is 245 Å². The zero-order chi connectivity index (χ0) is 83.0. The maximum Gasteiger partial charge on any atom is 0.241 e. The Bertz CT molecular complexity index is 4400. The van der Waals surface area contributed by atoms with Gasteiger partial charge in [-0.05, 0) is 106 Å². The highest BCUT2D eigenvalue weighted by Crippen LogP contribution is 2.33. The Kier molecular flexibility index (Phi) is 42.2. The smallest absolute Gasteiger partial charge is 0.241 e. The first-order chi connectivity index (χ1) is 53.5. The molecule has 0 atom stereocenters. The summed E-state index contributed by atoms with van der Waals surface area (Å²) in [5, 5.41) is 23.4. The van der Waals surface area contributed by atoms with Crippen LogP contribution >= 0.6 is 73.3 Å². The van der Waals surface area contributed by atoms with E-state index < -0.39 is 0 Å². The number of pyridine rings is 4. The number of ether oxygens (including phenoxy) is 8. The van der Waals surface area contributed by atoms with E-state index in [9.17, 15) is 29.7 Å². The van der Waals surface area contributed by atoms with Crippen LogP contribution in [0.2, 0.25) is 15.5 Å². The van der Waals surface area contributed by atoms with Crippen LogP contribution in [0.4, 0.5) is 28.8 Å². The maximum absolute atomic E-state index is 12.1. The summed E-state index contributed by atoms with van der Waals surface area (Å²) in [4.78, 5) is 90.2. The first kappa shape index (κ1) is 94.4. The summed E-state index contributed by atoms with van der Waals surface area (Å²) >= 11 is 22.5. The molecule has 2 saturated heterocycles. The number of hydrogen-bond acceptors (Lipinski definition) is 27. The fraction of sp³-hybridized carbons (Fsp3) is 0.395. The minimum absolute atomic E-state index is 0.00417. The van der Waals surface area contributed by atoms with Crippen molar-refractivity contribution in [2.24, 2.45) is 5.73 Å². The zero-order valence-corrected chi connectivity index (χ0v) is 71.3. The molecule has 10 rings (SSSR count). The number of benzene rings is 2. The van der Waals surface area contributed by atoms with Crippen molar-refractivity contribution in [1.29, 1.82) is 10.5 Å². The Balaban J connectivity index is 0.000000306. The lowest BCUT2D eigenvalue weighted by molar-refractivity contribution is -0.129. The number of carbonyl (C=O) groups excluding carboxylic acids is 4. The second kappa shape index (κ2) is 50.1. The van der Waals surface area contributed by atoms with E-state index in [0.717, 1.165) is 52.5 Å². The monoisotopic (exact) mass is 1780 g/mol. The molecule has 2 fully saturated rings. The predicted molar refractivity (Wildman–Crippen MR) is 446 cm³/mol. The molecule has 4 amide bonds. The number of halogens is 5. The lowest BCUT2D eigenvalue weighted by Gasteiger charge is -2.23. The van der Waals surface area contributed by atoms with E-state index in [1.807, 2.05) is 35.3 Å². The van der Waals surface area contributed by atoms with Gasteiger partial charge in [0.2, 0.25) is 47.1 Å². The van der Waals surface area contributed by atoms with Crippen LogP contribution in [0.25, 0.3) is 22.5 Å². The molecule has 36 heteroatoms. The van der Waals surface area contributed by atoms with Crippen LogP contribution in [-0.2, 0) is 35.1 Å². The summed E-state index contributed by atoms with van der Waals surface area (Å²) in [7, 11) is 23.4. The number of nitrogens with two attached hydrogens (primary N) is 2.